The lowest BCUT2D eigenvalue weighted by Crippen LogP contribution is -2.14. The van der Waals surface area contributed by atoms with Crippen molar-refractivity contribution in [2.45, 2.75) is 26.4 Å². The number of pyridine rings is 1. The standard InChI is InChI=1S/C9H12NO4P.C2H6/c1-12-15(11)13-7-4-9(14-15)8-2-5-10-6-3-8;1-2/h2-3,5-6,9H,4,7H2,1H3;1-2H3. The molecular formula is C11H18NO4P. The quantitative estimate of drug-likeness (QED) is 0.762. The van der Waals surface area contributed by atoms with Crippen LogP contribution >= 0.6 is 7.82 Å². The number of nitrogens with zero attached hydrogens (tertiary/aromatic N) is 1. The Kier molecular flexibility index (Phi) is 5.78. The van der Waals surface area contributed by atoms with Gasteiger partial charge in [0, 0.05) is 25.9 Å². The van der Waals surface area contributed by atoms with Crippen molar-refractivity contribution < 1.29 is 18.1 Å². The van der Waals surface area contributed by atoms with Crippen LogP contribution in [0.3, 0.4) is 0 Å². The van der Waals surface area contributed by atoms with E-state index < -0.39 is 7.82 Å². The van der Waals surface area contributed by atoms with Crippen molar-refractivity contribution in [3.63, 3.8) is 0 Å². The van der Waals surface area contributed by atoms with E-state index in [1.807, 2.05) is 26.0 Å². The molecule has 1 aliphatic heterocycles. The third kappa shape index (κ3) is 3.89. The predicted octanol–water partition coefficient (Wildman–Crippen LogP) is 3.34. The molecule has 0 radical (unpaired) electrons. The largest absolute Gasteiger partial charge is 0.475 e. The first-order valence-electron chi connectivity index (χ1n) is 5.62. The summed E-state index contributed by atoms with van der Waals surface area (Å²) in [7, 11) is -2.02. The molecule has 17 heavy (non-hydrogen) atoms. The summed E-state index contributed by atoms with van der Waals surface area (Å²) in [5.74, 6) is 0. The molecule has 1 aromatic heterocycles. The molecular weight excluding hydrogens is 241 g/mol. The number of hydrogen-bond donors (Lipinski definition) is 0. The molecule has 5 nitrogen and oxygen atoms in total. The van der Waals surface area contributed by atoms with Crippen LogP contribution in [0.5, 0.6) is 0 Å². The first kappa shape index (κ1) is 14.3. The molecule has 6 heteroatoms. The van der Waals surface area contributed by atoms with E-state index in [9.17, 15) is 4.57 Å². The van der Waals surface area contributed by atoms with Crippen molar-refractivity contribution >= 4 is 7.82 Å². The monoisotopic (exact) mass is 259 g/mol. The van der Waals surface area contributed by atoms with Crippen molar-refractivity contribution in [2.75, 3.05) is 13.7 Å². The van der Waals surface area contributed by atoms with Crippen LogP contribution in [0.15, 0.2) is 24.5 Å². The maximum atomic E-state index is 11.7. The lowest BCUT2D eigenvalue weighted by molar-refractivity contribution is 0.0373. The third-order valence-corrected chi connectivity index (χ3v) is 3.65. The second-order valence-electron chi connectivity index (χ2n) is 3.13. The van der Waals surface area contributed by atoms with Gasteiger partial charge in [-0.3, -0.25) is 18.6 Å². The zero-order valence-corrected chi connectivity index (χ0v) is 11.2. The molecule has 2 heterocycles. The molecule has 0 aliphatic carbocycles. The highest BCUT2D eigenvalue weighted by Gasteiger charge is 2.34. The molecule has 0 bridgehead atoms. The first-order valence-corrected chi connectivity index (χ1v) is 7.08. The van der Waals surface area contributed by atoms with Crippen LogP contribution < -0.4 is 0 Å². The van der Waals surface area contributed by atoms with Gasteiger partial charge in [-0.15, -0.1) is 0 Å². The summed E-state index contributed by atoms with van der Waals surface area (Å²) >= 11 is 0. The van der Waals surface area contributed by atoms with E-state index in [0.717, 1.165) is 5.56 Å². The smallest absolute Gasteiger partial charge is 0.290 e. The zero-order chi connectivity index (χ0) is 12.7. The highest BCUT2D eigenvalue weighted by atomic mass is 31.2. The summed E-state index contributed by atoms with van der Waals surface area (Å²) in [5, 5.41) is 0. The van der Waals surface area contributed by atoms with Crippen molar-refractivity contribution in [1.82, 2.24) is 4.98 Å². The summed E-state index contributed by atoms with van der Waals surface area (Å²) in [6, 6.07) is 3.66. The second-order valence-corrected chi connectivity index (χ2v) is 4.85. The Hall–Kier alpha value is -0.740. The Labute approximate surface area is 102 Å². The van der Waals surface area contributed by atoms with Crippen LogP contribution in [0, 0.1) is 0 Å². The number of aromatic nitrogens is 1. The molecule has 0 saturated carbocycles. The molecule has 96 valence electrons. The van der Waals surface area contributed by atoms with E-state index in [1.165, 1.54) is 7.11 Å². The predicted molar refractivity (Wildman–Crippen MR) is 64.6 cm³/mol. The van der Waals surface area contributed by atoms with Gasteiger partial charge in [-0.05, 0) is 17.7 Å². The highest BCUT2D eigenvalue weighted by molar-refractivity contribution is 7.48. The zero-order valence-electron chi connectivity index (χ0n) is 10.3. The topological polar surface area (TPSA) is 57.7 Å². The molecule has 2 rings (SSSR count). The second kappa shape index (κ2) is 6.87. The minimum absolute atomic E-state index is 0.243. The van der Waals surface area contributed by atoms with E-state index >= 15 is 0 Å². The van der Waals surface area contributed by atoms with Crippen molar-refractivity contribution in [1.29, 1.82) is 0 Å². The summed E-state index contributed by atoms with van der Waals surface area (Å²) in [4.78, 5) is 3.91. The average molecular weight is 259 g/mol. The van der Waals surface area contributed by atoms with E-state index in [-0.39, 0.29) is 6.10 Å². The molecule has 1 aromatic rings. The summed E-state index contributed by atoms with van der Waals surface area (Å²) in [6.45, 7) is 4.37. The van der Waals surface area contributed by atoms with Gasteiger partial charge in [-0.25, -0.2) is 4.57 Å². The maximum absolute atomic E-state index is 11.7. The van der Waals surface area contributed by atoms with Crippen LogP contribution in [0.25, 0.3) is 0 Å². The van der Waals surface area contributed by atoms with Crippen molar-refractivity contribution in [3.05, 3.63) is 30.1 Å². The SMILES string of the molecule is CC.COP1(=O)OCCC(c2ccncc2)O1. The Bertz CT molecular complexity index is 371. The summed E-state index contributed by atoms with van der Waals surface area (Å²) in [6.07, 6.45) is 3.77. The van der Waals surface area contributed by atoms with Crippen molar-refractivity contribution in [2.24, 2.45) is 0 Å². The molecule has 0 amide bonds. The van der Waals surface area contributed by atoms with Crippen LogP contribution in [0.2, 0.25) is 0 Å². The fraction of sp³-hybridized carbons (Fsp3) is 0.545. The van der Waals surface area contributed by atoms with Crippen LogP contribution in [-0.4, -0.2) is 18.7 Å². The summed E-state index contributed by atoms with van der Waals surface area (Å²) < 4.78 is 26.7. The first-order chi connectivity index (χ1) is 8.23. The van der Waals surface area contributed by atoms with Gasteiger partial charge in [0.25, 0.3) is 0 Å². The lowest BCUT2D eigenvalue weighted by Gasteiger charge is -2.27. The van der Waals surface area contributed by atoms with Gasteiger partial charge >= 0.3 is 7.82 Å². The number of rotatable bonds is 2. The Balaban J connectivity index is 0.000000686. The Morgan fingerprint density at radius 1 is 1.41 bits per heavy atom. The Morgan fingerprint density at radius 2 is 2.06 bits per heavy atom. The molecule has 1 fully saturated rings. The van der Waals surface area contributed by atoms with Crippen molar-refractivity contribution in [3.8, 4) is 0 Å². The van der Waals surface area contributed by atoms with Crippen LogP contribution in [0.1, 0.15) is 31.9 Å². The Morgan fingerprint density at radius 3 is 2.65 bits per heavy atom. The van der Waals surface area contributed by atoms with Gasteiger partial charge in [-0.2, -0.15) is 0 Å². The maximum Gasteiger partial charge on any atom is 0.475 e. The summed E-state index contributed by atoms with van der Waals surface area (Å²) in [5.41, 5.74) is 0.936. The van der Waals surface area contributed by atoms with Gasteiger partial charge in [0.2, 0.25) is 0 Å². The number of phosphoric ester groups is 1. The fourth-order valence-corrected chi connectivity index (χ4v) is 2.53. The van der Waals surface area contributed by atoms with Crippen LogP contribution in [-0.2, 0) is 18.1 Å². The van der Waals surface area contributed by atoms with Gasteiger partial charge < -0.3 is 0 Å². The van der Waals surface area contributed by atoms with E-state index in [0.29, 0.717) is 13.0 Å². The van der Waals surface area contributed by atoms with Gasteiger partial charge in [0.15, 0.2) is 0 Å². The molecule has 0 spiro atoms. The lowest BCUT2D eigenvalue weighted by atomic mass is 10.1. The molecule has 0 aromatic carbocycles. The van der Waals surface area contributed by atoms with E-state index in [1.54, 1.807) is 12.4 Å². The number of phosphoric acid groups is 1. The molecule has 2 atom stereocenters. The van der Waals surface area contributed by atoms with E-state index in [2.05, 4.69) is 4.98 Å². The molecule has 2 unspecified atom stereocenters. The fourth-order valence-electron chi connectivity index (χ4n) is 1.41. The van der Waals surface area contributed by atoms with Crippen LogP contribution in [0.4, 0.5) is 0 Å². The van der Waals surface area contributed by atoms with Gasteiger partial charge in [0.1, 0.15) is 0 Å². The minimum atomic E-state index is -3.34. The minimum Gasteiger partial charge on any atom is -0.290 e. The number of hydrogen-bond acceptors (Lipinski definition) is 5. The molecule has 0 N–H and O–H groups in total. The highest BCUT2D eigenvalue weighted by Crippen LogP contribution is 2.56. The average Bonchev–Trinajstić information content (AvgIpc) is 2.42. The van der Waals surface area contributed by atoms with Gasteiger partial charge in [0.05, 0.1) is 12.7 Å². The third-order valence-electron chi connectivity index (χ3n) is 2.19. The van der Waals surface area contributed by atoms with E-state index in [4.69, 9.17) is 13.6 Å². The molecule has 1 saturated heterocycles. The van der Waals surface area contributed by atoms with Gasteiger partial charge in [-0.1, -0.05) is 13.8 Å². The molecule has 1 aliphatic rings. The normalized spacial score (nSPS) is 28.1.